The van der Waals surface area contributed by atoms with E-state index in [1.165, 1.54) is 23.5 Å². The van der Waals surface area contributed by atoms with E-state index in [0.29, 0.717) is 31.3 Å². The number of rotatable bonds is 8. The van der Waals surface area contributed by atoms with Crippen molar-refractivity contribution in [3.63, 3.8) is 0 Å². The van der Waals surface area contributed by atoms with Crippen LogP contribution in [0.3, 0.4) is 0 Å². The molecule has 1 amide bonds. The molecule has 2 aliphatic rings. The van der Waals surface area contributed by atoms with Gasteiger partial charge in [-0.05, 0) is 56.7 Å². The zero-order chi connectivity index (χ0) is 21.7. The van der Waals surface area contributed by atoms with Gasteiger partial charge in [-0.2, -0.15) is 4.31 Å². The van der Waals surface area contributed by atoms with Gasteiger partial charge in [0.05, 0.1) is 30.2 Å². The van der Waals surface area contributed by atoms with Crippen LogP contribution in [0.4, 0.5) is 0 Å². The molecule has 0 spiro atoms. The van der Waals surface area contributed by atoms with Gasteiger partial charge >= 0.3 is 0 Å². The third kappa shape index (κ3) is 4.98. The summed E-state index contributed by atoms with van der Waals surface area (Å²) in [5, 5.41) is 9.68. The molecule has 1 saturated heterocycles. The molecule has 7 nitrogen and oxygen atoms in total. The van der Waals surface area contributed by atoms with Crippen molar-refractivity contribution >= 4 is 15.9 Å². The lowest BCUT2D eigenvalue weighted by Crippen LogP contribution is -2.45. The Hall–Kier alpha value is -1.64. The number of amides is 1. The van der Waals surface area contributed by atoms with Crippen molar-refractivity contribution in [3.05, 3.63) is 23.8 Å². The zero-order valence-corrected chi connectivity index (χ0v) is 18.9. The van der Waals surface area contributed by atoms with Gasteiger partial charge in [-0.3, -0.25) is 4.79 Å². The van der Waals surface area contributed by atoms with Crippen molar-refractivity contribution in [2.75, 3.05) is 33.4 Å². The minimum absolute atomic E-state index is 0.119. The van der Waals surface area contributed by atoms with Crippen molar-refractivity contribution in [1.29, 1.82) is 0 Å². The van der Waals surface area contributed by atoms with Crippen LogP contribution in [0.5, 0.6) is 5.75 Å². The van der Waals surface area contributed by atoms with Crippen LogP contribution in [0.25, 0.3) is 0 Å². The standard InChI is InChI=1S/C22H34N2O5S/c1-17(16-25)24(15-18-8-7-9-18)22(26)20-14-19(10-11-21(20)29-2)30(27,28)23-12-5-3-4-6-13-23/h10-11,14,17-18,25H,3-9,12-13,15-16H2,1-2H3/t17-/m1/s1. The molecular formula is C22H34N2O5S. The van der Waals surface area contributed by atoms with E-state index in [4.69, 9.17) is 4.74 Å². The largest absolute Gasteiger partial charge is 0.496 e. The lowest BCUT2D eigenvalue weighted by Gasteiger charge is -2.35. The molecule has 0 radical (unpaired) electrons. The highest BCUT2D eigenvalue weighted by Crippen LogP contribution is 2.31. The Bertz CT molecular complexity index is 830. The molecule has 1 saturated carbocycles. The Morgan fingerprint density at radius 1 is 1.20 bits per heavy atom. The SMILES string of the molecule is COc1ccc(S(=O)(=O)N2CCCCCC2)cc1C(=O)N(CC1CCC1)[C@H](C)CO. The molecule has 1 aromatic carbocycles. The molecular weight excluding hydrogens is 404 g/mol. The second-order valence-electron chi connectivity index (χ2n) is 8.47. The van der Waals surface area contributed by atoms with Crippen LogP contribution >= 0.6 is 0 Å². The fourth-order valence-corrected chi connectivity index (χ4v) is 5.66. The van der Waals surface area contributed by atoms with Gasteiger partial charge in [0.2, 0.25) is 10.0 Å². The minimum Gasteiger partial charge on any atom is -0.496 e. The number of carbonyl (C=O) groups excluding carboxylic acids is 1. The predicted molar refractivity (Wildman–Crippen MR) is 115 cm³/mol. The maximum Gasteiger partial charge on any atom is 0.257 e. The van der Waals surface area contributed by atoms with E-state index in [1.54, 1.807) is 17.9 Å². The number of aliphatic hydroxyl groups is 1. The van der Waals surface area contributed by atoms with Crippen LogP contribution in [0, 0.1) is 5.92 Å². The first-order chi connectivity index (χ1) is 14.4. The van der Waals surface area contributed by atoms with Gasteiger partial charge in [0.15, 0.2) is 0 Å². The summed E-state index contributed by atoms with van der Waals surface area (Å²) in [7, 11) is -2.20. The molecule has 0 unspecified atom stereocenters. The van der Waals surface area contributed by atoms with E-state index in [9.17, 15) is 18.3 Å². The highest BCUT2D eigenvalue weighted by molar-refractivity contribution is 7.89. The summed E-state index contributed by atoms with van der Waals surface area (Å²) in [5.41, 5.74) is 0.230. The third-order valence-corrected chi connectivity index (χ3v) is 8.24. The maximum absolute atomic E-state index is 13.4. The smallest absolute Gasteiger partial charge is 0.257 e. The average Bonchev–Trinajstić information content (AvgIpc) is 3.01. The molecule has 1 aliphatic heterocycles. The highest BCUT2D eigenvalue weighted by Gasteiger charge is 2.31. The Kier molecular flexibility index (Phi) is 7.76. The molecule has 1 heterocycles. The van der Waals surface area contributed by atoms with Crippen molar-refractivity contribution in [1.82, 2.24) is 9.21 Å². The number of hydrogen-bond donors (Lipinski definition) is 1. The summed E-state index contributed by atoms with van der Waals surface area (Å²) in [5.74, 6) is 0.477. The second-order valence-corrected chi connectivity index (χ2v) is 10.4. The van der Waals surface area contributed by atoms with E-state index in [2.05, 4.69) is 0 Å². The van der Waals surface area contributed by atoms with Gasteiger partial charge in [0.25, 0.3) is 5.91 Å². The van der Waals surface area contributed by atoms with Gasteiger partial charge in [-0.1, -0.05) is 19.3 Å². The lowest BCUT2D eigenvalue weighted by molar-refractivity contribution is 0.0526. The third-order valence-electron chi connectivity index (χ3n) is 6.34. The lowest BCUT2D eigenvalue weighted by atomic mass is 9.84. The van der Waals surface area contributed by atoms with Gasteiger partial charge in [-0.15, -0.1) is 0 Å². The van der Waals surface area contributed by atoms with E-state index < -0.39 is 10.0 Å². The normalized spacial score (nSPS) is 19.6. The maximum atomic E-state index is 13.4. The first kappa shape index (κ1) is 23.0. The van der Waals surface area contributed by atoms with E-state index in [-0.39, 0.29) is 29.0 Å². The molecule has 1 aromatic rings. The Morgan fingerprint density at radius 3 is 2.40 bits per heavy atom. The van der Waals surface area contributed by atoms with Crippen LogP contribution in [-0.2, 0) is 10.0 Å². The molecule has 30 heavy (non-hydrogen) atoms. The topological polar surface area (TPSA) is 87.2 Å². The Balaban J connectivity index is 1.93. The Labute approximate surface area is 180 Å². The number of sulfonamides is 1. The average molecular weight is 439 g/mol. The molecule has 1 atom stereocenters. The van der Waals surface area contributed by atoms with Crippen LogP contribution in [0.2, 0.25) is 0 Å². The zero-order valence-electron chi connectivity index (χ0n) is 18.0. The van der Waals surface area contributed by atoms with Crippen molar-refractivity contribution in [3.8, 4) is 5.75 Å². The predicted octanol–water partition coefficient (Wildman–Crippen LogP) is 2.88. The molecule has 1 aliphatic carbocycles. The number of benzene rings is 1. The van der Waals surface area contributed by atoms with Gasteiger partial charge in [0.1, 0.15) is 5.75 Å². The molecule has 1 N–H and O–H groups in total. The summed E-state index contributed by atoms with van der Waals surface area (Å²) < 4.78 is 33.4. The first-order valence-corrected chi connectivity index (χ1v) is 12.4. The molecule has 168 valence electrons. The summed E-state index contributed by atoms with van der Waals surface area (Å²) in [6.45, 7) is 3.24. The first-order valence-electron chi connectivity index (χ1n) is 11.0. The summed E-state index contributed by atoms with van der Waals surface area (Å²) in [6, 6.07) is 4.16. The molecule has 0 bridgehead atoms. The number of nitrogens with zero attached hydrogens (tertiary/aromatic N) is 2. The summed E-state index contributed by atoms with van der Waals surface area (Å²) in [4.78, 5) is 15.2. The number of ether oxygens (including phenoxy) is 1. The van der Waals surface area contributed by atoms with E-state index in [0.717, 1.165) is 44.9 Å². The van der Waals surface area contributed by atoms with Gasteiger partial charge in [0, 0.05) is 19.6 Å². The summed E-state index contributed by atoms with van der Waals surface area (Å²) in [6.07, 6.45) is 7.08. The summed E-state index contributed by atoms with van der Waals surface area (Å²) >= 11 is 0. The number of aliphatic hydroxyl groups excluding tert-OH is 1. The van der Waals surface area contributed by atoms with E-state index in [1.807, 2.05) is 0 Å². The van der Waals surface area contributed by atoms with Crippen molar-refractivity contribution < 1.29 is 23.1 Å². The number of hydrogen-bond acceptors (Lipinski definition) is 5. The molecule has 8 heteroatoms. The monoisotopic (exact) mass is 438 g/mol. The van der Waals surface area contributed by atoms with Crippen molar-refractivity contribution in [2.45, 2.75) is 62.8 Å². The van der Waals surface area contributed by atoms with Crippen LogP contribution in [0.15, 0.2) is 23.1 Å². The second kappa shape index (κ2) is 10.1. The van der Waals surface area contributed by atoms with Gasteiger partial charge in [-0.25, -0.2) is 8.42 Å². The number of carbonyl (C=O) groups is 1. The number of methoxy groups -OCH3 is 1. The quantitative estimate of drug-likeness (QED) is 0.674. The molecule has 0 aromatic heterocycles. The molecule has 3 rings (SSSR count). The minimum atomic E-state index is -3.68. The van der Waals surface area contributed by atoms with Gasteiger partial charge < -0.3 is 14.7 Å². The fraction of sp³-hybridized carbons (Fsp3) is 0.682. The van der Waals surface area contributed by atoms with Crippen molar-refractivity contribution in [2.24, 2.45) is 5.92 Å². The highest BCUT2D eigenvalue weighted by atomic mass is 32.2. The van der Waals surface area contributed by atoms with Crippen LogP contribution in [0.1, 0.15) is 62.2 Å². The van der Waals surface area contributed by atoms with Crippen LogP contribution in [-0.4, -0.2) is 68.0 Å². The Morgan fingerprint density at radius 2 is 1.87 bits per heavy atom. The fourth-order valence-electron chi connectivity index (χ4n) is 4.12. The van der Waals surface area contributed by atoms with Crippen LogP contribution < -0.4 is 4.74 Å². The molecule has 2 fully saturated rings. The van der Waals surface area contributed by atoms with E-state index >= 15 is 0 Å².